The van der Waals surface area contributed by atoms with Crippen molar-refractivity contribution < 1.29 is 23.8 Å². The highest BCUT2D eigenvalue weighted by atomic mass is 16.5. The molecule has 0 aliphatic carbocycles. The minimum atomic E-state index is -0.714. The van der Waals surface area contributed by atoms with E-state index in [0.29, 0.717) is 6.54 Å². The zero-order chi connectivity index (χ0) is 21.5. The van der Waals surface area contributed by atoms with Crippen LogP contribution >= 0.6 is 0 Å². The van der Waals surface area contributed by atoms with Crippen molar-refractivity contribution in [2.75, 3.05) is 59.0 Å². The SMILES string of the molecule is COC(=O)c1nnn(CCCN2CCN(c3ccccc3OC)CC2)c1C(=O)OC. The second kappa shape index (κ2) is 10.1. The van der Waals surface area contributed by atoms with Gasteiger partial charge in [0.1, 0.15) is 5.75 Å². The molecule has 1 aliphatic rings. The van der Waals surface area contributed by atoms with Crippen molar-refractivity contribution in [3.63, 3.8) is 0 Å². The molecule has 2 aromatic rings. The molecular weight excluding hydrogens is 390 g/mol. The first-order valence-corrected chi connectivity index (χ1v) is 9.79. The van der Waals surface area contributed by atoms with E-state index in [0.717, 1.165) is 50.6 Å². The molecule has 3 rings (SSSR count). The highest BCUT2D eigenvalue weighted by Crippen LogP contribution is 2.28. The zero-order valence-corrected chi connectivity index (χ0v) is 17.5. The highest BCUT2D eigenvalue weighted by Gasteiger charge is 2.27. The number of hydrogen-bond donors (Lipinski definition) is 0. The number of aromatic nitrogens is 3. The summed E-state index contributed by atoms with van der Waals surface area (Å²) in [7, 11) is 4.17. The monoisotopic (exact) mass is 417 g/mol. The van der Waals surface area contributed by atoms with Crippen LogP contribution in [0, 0.1) is 0 Å². The van der Waals surface area contributed by atoms with E-state index in [4.69, 9.17) is 9.47 Å². The van der Waals surface area contributed by atoms with Crippen LogP contribution in [0.15, 0.2) is 24.3 Å². The normalized spacial score (nSPS) is 14.4. The van der Waals surface area contributed by atoms with Crippen LogP contribution in [-0.4, -0.2) is 85.9 Å². The van der Waals surface area contributed by atoms with Crippen molar-refractivity contribution in [1.82, 2.24) is 19.9 Å². The summed E-state index contributed by atoms with van der Waals surface area (Å²) in [6, 6.07) is 8.04. The molecule has 1 saturated heterocycles. The fraction of sp³-hybridized carbons (Fsp3) is 0.500. The second-order valence-corrected chi connectivity index (χ2v) is 6.85. The Morgan fingerprint density at radius 3 is 2.33 bits per heavy atom. The maximum atomic E-state index is 12.1. The molecule has 30 heavy (non-hydrogen) atoms. The van der Waals surface area contributed by atoms with Gasteiger partial charge in [-0.15, -0.1) is 5.10 Å². The van der Waals surface area contributed by atoms with Crippen molar-refractivity contribution in [1.29, 1.82) is 0 Å². The quantitative estimate of drug-likeness (QED) is 0.584. The predicted octanol–water partition coefficient (Wildman–Crippen LogP) is 1.07. The molecule has 10 heteroatoms. The number of carbonyl (C=O) groups is 2. The Bertz CT molecular complexity index is 876. The van der Waals surface area contributed by atoms with Gasteiger partial charge in [-0.2, -0.15) is 0 Å². The molecule has 10 nitrogen and oxygen atoms in total. The van der Waals surface area contributed by atoms with Gasteiger partial charge >= 0.3 is 11.9 Å². The molecule has 0 atom stereocenters. The number of aryl methyl sites for hydroxylation is 1. The molecule has 1 aliphatic heterocycles. The van der Waals surface area contributed by atoms with Crippen LogP contribution in [0.4, 0.5) is 5.69 Å². The average molecular weight is 417 g/mol. The van der Waals surface area contributed by atoms with Gasteiger partial charge in [0.25, 0.3) is 0 Å². The van der Waals surface area contributed by atoms with E-state index >= 15 is 0 Å². The Kier molecular flexibility index (Phi) is 7.23. The van der Waals surface area contributed by atoms with E-state index in [1.54, 1.807) is 7.11 Å². The number of hydrogen-bond acceptors (Lipinski definition) is 9. The molecule has 2 heterocycles. The van der Waals surface area contributed by atoms with E-state index in [9.17, 15) is 9.59 Å². The second-order valence-electron chi connectivity index (χ2n) is 6.85. The summed E-state index contributed by atoms with van der Waals surface area (Å²) < 4.78 is 16.3. The summed E-state index contributed by atoms with van der Waals surface area (Å²) in [5, 5.41) is 7.72. The Morgan fingerprint density at radius 2 is 1.67 bits per heavy atom. The Balaban J connectivity index is 1.54. The topological polar surface area (TPSA) is 99.0 Å². The third kappa shape index (κ3) is 4.70. The zero-order valence-electron chi connectivity index (χ0n) is 17.5. The summed E-state index contributed by atoms with van der Waals surface area (Å²) >= 11 is 0. The lowest BCUT2D eigenvalue weighted by atomic mass is 10.2. The number of piperazine rings is 1. The number of methoxy groups -OCH3 is 3. The number of rotatable bonds is 8. The fourth-order valence-corrected chi connectivity index (χ4v) is 3.55. The third-order valence-electron chi connectivity index (χ3n) is 5.14. The molecule has 0 spiro atoms. The van der Waals surface area contributed by atoms with Gasteiger partial charge in [0.15, 0.2) is 5.69 Å². The van der Waals surface area contributed by atoms with Crippen LogP contribution < -0.4 is 9.64 Å². The van der Waals surface area contributed by atoms with E-state index in [2.05, 4.69) is 30.9 Å². The minimum absolute atomic E-state index is 0.0188. The maximum Gasteiger partial charge on any atom is 0.361 e. The number of esters is 2. The number of ether oxygens (including phenoxy) is 3. The Morgan fingerprint density at radius 1 is 0.967 bits per heavy atom. The molecule has 1 fully saturated rings. The van der Waals surface area contributed by atoms with Gasteiger partial charge in [0.05, 0.1) is 27.0 Å². The third-order valence-corrected chi connectivity index (χ3v) is 5.14. The molecule has 0 unspecified atom stereocenters. The first-order valence-electron chi connectivity index (χ1n) is 9.79. The molecule has 0 bridgehead atoms. The van der Waals surface area contributed by atoms with Gasteiger partial charge < -0.3 is 19.1 Å². The Hall–Kier alpha value is -3.14. The van der Waals surface area contributed by atoms with Crippen LogP contribution in [0.1, 0.15) is 27.4 Å². The lowest BCUT2D eigenvalue weighted by Gasteiger charge is -2.36. The first-order chi connectivity index (χ1) is 14.6. The summed E-state index contributed by atoms with van der Waals surface area (Å²) in [5.41, 5.74) is 1.00. The minimum Gasteiger partial charge on any atom is -0.495 e. The van der Waals surface area contributed by atoms with Crippen LogP contribution in [0.5, 0.6) is 5.75 Å². The highest BCUT2D eigenvalue weighted by molar-refractivity contribution is 6.00. The van der Waals surface area contributed by atoms with Gasteiger partial charge in [-0.05, 0) is 18.6 Å². The predicted molar refractivity (Wildman–Crippen MR) is 109 cm³/mol. The summed E-state index contributed by atoms with van der Waals surface area (Å²) in [6.07, 6.45) is 0.753. The van der Waals surface area contributed by atoms with Gasteiger partial charge in [0, 0.05) is 39.3 Å². The van der Waals surface area contributed by atoms with Gasteiger partial charge in [-0.1, -0.05) is 17.3 Å². The lowest BCUT2D eigenvalue weighted by Crippen LogP contribution is -2.46. The van der Waals surface area contributed by atoms with Crippen molar-refractivity contribution in [3.8, 4) is 5.75 Å². The molecule has 0 N–H and O–H groups in total. The number of nitrogens with zero attached hydrogens (tertiary/aromatic N) is 5. The molecule has 162 valence electrons. The van der Waals surface area contributed by atoms with Crippen LogP contribution in [0.3, 0.4) is 0 Å². The molecule has 1 aromatic carbocycles. The number of anilines is 1. The molecule has 0 amide bonds. The fourth-order valence-electron chi connectivity index (χ4n) is 3.55. The van der Waals surface area contributed by atoms with Crippen molar-refractivity contribution >= 4 is 17.6 Å². The van der Waals surface area contributed by atoms with Crippen molar-refractivity contribution in [2.45, 2.75) is 13.0 Å². The summed E-state index contributed by atoms with van der Waals surface area (Å²) in [5.74, 6) is -0.492. The van der Waals surface area contributed by atoms with Crippen molar-refractivity contribution in [2.24, 2.45) is 0 Å². The van der Waals surface area contributed by atoms with Gasteiger partial charge in [0.2, 0.25) is 5.69 Å². The molecule has 0 saturated carbocycles. The van der Waals surface area contributed by atoms with Crippen LogP contribution in [-0.2, 0) is 16.0 Å². The largest absolute Gasteiger partial charge is 0.495 e. The van der Waals surface area contributed by atoms with Gasteiger partial charge in [-0.25, -0.2) is 14.3 Å². The van der Waals surface area contributed by atoms with E-state index in [1.165, 1.54) is 18.9 Å². The maximum absolute atomic E-state index is 12.1. The van der Waals surface area contributed by atoms with E-state index < -0.39 is 11.9 Å². The molecule has 1 aromatic heterocycles. The van der Waals surface area contributed by atoms with Crippen LogP contribution in [0.2, 0.25) is 0 Å². The standard InChI is InChI=1S/C20H27N5O5/c1-28-16-8-5-4-7-15(16)24-13-11-23(12-14-24)9-6-10-25-18(20(27)30-3)17(21-22-25)19(26)29-2/h4-5,7-8H,6,9-14H2,1-3H3. The summed E-state index contributed by atoms with van der Waals surface area (Å²) in [6.45, 7) is 4.95. The average Bonchev–Trinajstić information content (AvgIpc) is 3.22. The van der Waals surface area contributed by atoms with Crippen LogP contribution in [0.25, 0.3) is 0 Å². The number of benzene rings is 1. The number of para-hydroxylation sites is 2. The van der Waals surface area contributed by atoms with E-state index in [-0.39, 0.29) is 11.4 Å². The van der Waals surface area contributed by atoms with Gasteiger partial charge in [-0.3, -0.25) is 4.90 Å². The lowest BCUT2D eigenvalue weighted by molar-refractivity contribution is 0.0543. The molecule has 0 radical (unpaired) electrons. The van der Waals surface area contributed by atoms with E-state index in [1.807, 2.05) is 18.2 Å². The smallest absolute Gasteiger partial charge is 0.361 e. The molecular formula is C20H27N5O5. The Labute approximate surface area is 175 Å². The summed E-state index contributed by atoms with van der Waals surface area (Å²) in [4.78, 5) is 28.6. The first kappa shape index (κ1) is 21.6. The van der Waals surface area contributed by atoms with Crippen molar-refractivity contribution in [3.05, 3.63) is 35.7 Å². The number of carbonyl (C=O) groups excluding carboxylic acids is 2.